The quantitative estimate of drug-likeness (QED) is 0.558. The van der Waals surface area contributed by atoms with E-state index in [0.29, 0.717) is 12.1 Å². The summed E-state index contributed by atoms with van der Waals surface area (Å²) in [5.74, 6) is -0.417. The van der Waals surface area contributed by atoms with Gasteiger partial charge in [-0.05, 0) is 49.6 Å². The van der Waals surface area contributed by atoms with Gasteiger partial charge in [-0.25, -0.2) is 4.79 Å². The van der Waals surface area contributed by atoms with Crippen molar-refractivity contribution in [1.29, 1.82) is 0 Å². The number of hydrazone groups is 1. The zero-order chi connectivity index (χ0) is 21.0. The van der Waals surface area contributed by atoms with E-state index in [9.17, 15) is 14.7 Å². The van der Waals surface area contributed by atoms with Crippen LogP contribution in [0.25, 0.3) is 0 Å². The Morgan fingerprint density at radius 2 is 1.93 bits per heavy atom. The fourth-order valence-electron chi connectivity index (χ4n) is 3.41. The van der Waals surface area contributed by atoms with Crippen LogP contribution in [0.4, 0.5) is 10.5 Å². The van der Waals surface area contributed by atoms with Crippen LogP contribution in [0.3, 0.4) is 0 Å². The van der Waals surface area contributed by atoms with Crippen LogP contribution in [0.15, 0.2) is 53.6 Å². The van der Waals surface area contributed by atoms with E-state index < -0.39 is 17.5 Å². The molecule has 1 aliphatic heterocycles. The van der Waals surface area contributed by atoms with E-state index in [1.165, 1.54) is 6.21 Å². The number of nitrogens with one attached hydrogen (secondary N) is 1. The molecule has 29 heavy (non-hydrogen) atoms. The van der Waals surface area contributed by atoms with E-state index in [1.54, 1.807) is 19.1 Å². The van der Waals surface area contributed by atoms with Crippen LogP contribution in [-0.2, 0) is 10.3 Å². The number of hydrogen-bond acceptors (Lipinski definition) is 5. The Balaban J connectivity index is 1.81. The molecule has 0 radical (unpaired) electrons. The fraction of sp³-hybridized carbons (Fsp3) is 0.318. The van der Waals surface area contributed by atoms with Crippen molar-refractivity contribution in [2.45, 2.75) is 26.3 Å². The topological polar surface area (TPSA) is 85.2 Å². The smallest absolute Gasteiger partial charge is 0.346 e. The Kier molecular flexibility index (Phi) is 5.98. The molecule has 1 fully saturated rings. The highest BCUT2D eigenvalue weighted by molar-refractivity contribution is 6.07. The van der Waals surface area contributed by atoms with Gasteiger partial charge < -0.3 is 15.3 Å². The number of carbonyl (C=O) groups is 2. The second-order valence-corrected chi connectivity index (χ2v) is 7.13. The van der Waals surface area contributed by atoms with Crippen LogP contribution in [-0.4, -0.2) is 48.0 Å². The standard InChI is InChI=1S/C22H26N4O3/c1-4-25(12-13-27)19-11-10-17(16(2)14-19)15-23-26-20(28)22(3,24-21(26)29)18-8-6-5-7-9-18/h5-11,14-15,27H,4,12-13H2,1-3H3,(H,24,29)/b23-15-/t22-/m0/s1. The molecule has 1 aliphatic rings. The predicted molar refractivity (Wildman–Crippen MR) is 113 cm³/mol. The molecule has 3 amide bonds. The summed E-state index contributed by atoms with van der Waals surface area (Å²) in [4.78, 5) is 27.3. The highest BCUT2D eigenvalue weighted by Gasteiger charge is 2.49. The van der Waals surface area contributed by atoms with E-state index in [4.69, 9.17) is 0 Å². The average Bonchev–Trinajstić information content (AvgIpc) is 2.95. The van der Waals surface area contributed by atoms with Crippen molar-refractivity contribution in [2.24, 2.45) is 5.10 Å². The zero-order valence-electron chi connectivity index (χ0n) is 16.9. The number of aliphatic hydroxyl groups is 1. The molecule has 0 bridgehead atoms. The number of amides is 3. The maximum atomic E-state index is 12.9. The summed E-state index contributed by atoms with van der Waals surface area (Å²) in [6, 6.07) is 14.4. The van der Waals surface area contributed by atoms with Gasteiger partial charge in [-0.3, -0.25) is 4.79 Å². The van der Waals surface area contributed by atoms with Gasteiger partial charge in [0.15, 0.2) is 0 Å². The first-order valence-corrected chi connectivity index (χ1v) is 9.63. The van der Waals surface area contributed by atoms with Crippen LogP contribution in [0, 0.1) is 6.92 Å². The van der Waals surface area contributed by atoms with Crippen molar-refractivity contribution in [2.75, 3.05) is 24.6 Å². The maximum Gasteiger partial charge on any atom is 0.346 e. The van der Waals surface area contributed by atoms with Crippen molar-refractivity contribution < 1.29 is 14.7 Å². The number of hydrogen-bond donors (Lipinski definition) is 2. The summed E-state index contributed by atoms with van der Waals surface area (Å²) in [5, 5.41) is 17.0. The summed E-state index contributed by atoms with van der Waals surface area (Å²) in [7, 11) is 0. The lowest BCUT2D eigenvalue weighted by molar-refractivity contribution is -0.131. The monoisotopic (exact) mass is 394 g/mol. The minimum atomic E-state index is -1.14. The first-order chi connectivity index (χ1) is 13.9. The number of aryl methyl sites for hydroxylation is 1. The number of benzene rings is 2. The largest absolute Gasteiger partial charge is 0.395 e. The lowest BCUT2D eigenvalue weighted by Gasteiger charge is -2.22. The SMILES string of the molecule is CCN(CCO)c1ccc(/C=N\N2C(=O)N[C@@](C)(c3ccccc3)C2=O)c(C)c1. The van der Waals surface area contributed by atoms with Crippen LogP contribution in [0.1, 0.15) is 30.5 Å². The lowest BCUT2D eigenvalue weighted by Crippen LogP contribution is -2.40. The van der Waals surface area contributed by atoms with Gasteiger partial charge in [0.2, 0.25) is 0 Å². The summed E-state index contributed by atoms with van der Waals surface area (Å²) >= 11 is 0. The van der Waals surface area contributed by atoms with E-state index in [1.807, 2.05) is 50.2 Å². The summed E-state index contributed by atoms with van der Waals surface area (Å²) < 4.78 is 0. The molecule has 1 heterocycles. The average molecular weight is 394 g/mol. The van der Waals surface area contributed by atoms with E-state index in [2.05, 4.69) is 15.3 Å². The van der Waals surface area contributed by atoms with Crippen LogP contribution < -0.4 is 10.2 Å². The zero-order valence-corrected chi connectivity index (χ0v) is 16.9. The molecule has 3 rings (SSSR count). The molecule has 2 aromatic carbocycles. The molecule has 0 aliphatic carbocycles. The molecule has 0 aromatic heterocycles. The van der Waals surface area contributed by atoms with Crippen LogP contribution >= 0.6 is 0 Å². The molecule has 0 spiro atoms. The number of carbonyl (C=O) groups excluding carboxylic acids is 2. The Morgan fingerprint density at radius 1 is 1.21 bits per heavy atom. The third kappa shape index (κ3) is 4.00. The third-order valence-electron chi connectivity index (χ3n) is 5.20. The molecule has 0 saturated carbocycles. The Hall–Kier alpha value is -3.19. The number of likely N-dealkylation sites (N-methyl/N-ethyl adjacent to an activating group) is 1. The number of aliphatic hydroxyl groups excluding tert-OH is 1. The van der Waals surface area contributed by atoms with Crippen LogP contribution in [0.2, 0.25) is 0 Å². The highest BCUT2D eigenvalue weighted by Crippen LogP contribution is 2.28. The van der Waals surface area contributed by atoms with Crippen molar-refractivity contribution in [3.8, 4) is 0 Å². The third-order valence-corrected chi connectivity index (χ3v) is 5.20. The normalized spacial score (nSPS) is 19.1. The van der Waals surface area contributed by atoms with Crippen molar-refractivity contribution in [1.82, 2.24) is 10.3 Å². The molecule has 152 valence electrons. The Morgan fingerprint density at radius 3 is 2.55 bits per heavy atom. The number of imide groups is 1. The molecule has 2 N–H and O–H groups in total. The number of nitrogens with zero attached hydrogens (tertiary/aromatic N) is 3. The second-order valence-electron chi connectivity index (χ2n) is 7.13. The fourth-order valence-corrected chi connectivity index (χ4v) is 3.41. The van der Waals surface area contributed by atoms with Crippen molar-refractivity contribution >= 4 is 23.8 Å². The molecular formula is C22H26N4O3. The second kappa shape index (κ2) is 8.45. The minimum Gasteiger partial charge on any atom is -0.395 e. The Bertz CT molecular complexity index is 929. The number of anilines is 1. The van der Waals surface area contributed by atoms with Crippen molar-refractivity contribution in [3.63, 3.8) is 0 Å². The number of rotatable bonds is 7. The van der Waals surface area contributed by atoms with Gasteiger partial charge in [0.25, 0.3) is 5.91 Å². The molecule has 7 heteroatoms. The molecule has 1 saturated heterocycles. The van der Waals surface area contributed by atoms with Gasteiger partial charge in [-0.2, -0.15) is 5.10 Å². The van der Waals surface area contributed by atoms with Gasteiger partial charge >= 0.3 is 6.03 Å². The summed E-state index contributed by atoms with van der Waals surface area (Å²) in [5.41, 5.74) is 2.34. The first kappa shape index (κ1) is 20.5. The predicted octanol–water partition coefficient (Wildman–Crippen LogP) is 2.61. The van der Waals surface area contributed by atoms with Gasteiger partial charge in [0.1, 0.15) is 5.54 Å². The molecule has 1 atom stereocenters. The highest BCUT2D eigenvalue weighted by atomic mass is 16.3. The van der Waals surface area contributed by atoms with Gasteiger partial charge in [-0.15, -0.1) is 5.01 Å². The van der Waals surface area contributed by atoms with E-state index in [-0.39, 0.29) is 6.61 Å². The van der Waals surface area contributed by atoms with Crippen LogP contribution in [0.5, 0.6) is 0 Å². The van der Waals surface area contributed by atoms with Crippen molar-refractivity contribution in [3.05, 3.63) is 65.2 Å². The van der Waals surface area contributed by atoms with E-state index in [0.717, 1.165) is 28.4 Å². The number of urea groups is 1. The van der Waals surface area contributed by atoms with Gasteiger partial charge in [0, 0.05) is 18.8 Å². The minimum absolute atomic E-state index is 0.0858. The van der Waals surface area contributed by atoms with Gasteiger partial charge in [-0.1, -0.05) is 36.4 Å². The maximum absolute atomic E-state index is 12.9. The lowest BCUT2D eigenvalue weighted by atomic mass is 9.92. The summed E-state index contributed by atoms with van der Waals surface area (Å²) in [6.45, 7) is 7.08. The van der Waals surface area contributed by atoms with E-state index >= 15 is 0 Å². The molecule has 0 unspecified atom stereocenters. The molecular weight excluding hydrogens is 368 g/mol. The molecule has 2 aromatic rings. The Labute approximate surface area is 170 Å². The molecule has 7 nitrogen and oxygen atoms in total. The van der Waals surface area contributed by atoms with Gasteiger partial charge in [0.05, 0.1) is 12.8 Å². The first-order valence-electron chi connectivity index (χ1n) is 9.63. The summed E-state index contributed by atoms with van der Waals surface area (Å²) in [6.07, 6.45) is 1.52.